The van der Waals surface area contributed by atoms with Crippen LogP contribution < -0.4 is 15.0 Å². The molecule has 0 aromatic heterocycles. The minimum Gasteiger partial charge on any atom is -0.496 e. The summed E-state index contributed by atoms with van der Waals surface area (Å²) in [4.78, 5) is 2.14. The molecule has 3 nitrogen and oxygen atoms in total. The second kappa shape index (κ2) is 5.41. The average Bonchev–Trinajstić information content (AvgIpc) is 2.39. The average molecular weight is 234 g/mol. The van der Waals surface area contributed by atoms with Crippen LogP contribution in [0.5, 0.6) is 5.75 Å². The predicted molar refractivity (Wildman–Crippen MR) is 72.2 cm³/mol. The van der Waals surface area contributed by atoms with Gasteiger partial charge in [0.2, 0.25) is 0 Å². The molecule has 1 heterocycles. The molecule has 1 fully saturated rings. The summed E-state index contributed by atoms with van der Waals surface area (Å²) >= 11 is 0. The van der Waals surface area contributed by atoms with Gasteiger partial charge in [-0.3, -0.25) is 0 Å². The molecular weight excluding hydrogens is 212 g/mol. The lowest BCUT2D eigenvalue weighted by Crippen LogP contribution is -2.28. The van der Waals surface area contributed by atoms with Crippen molar-refractivity contribution in [1.82, 2.24) is 5.32 Å². The van der Waals surface area contributed by atoms with Crippen LogP contribution in [0.25, 0.3) is 0 Å². The molecule has 1 aliphatic rings. The molecule has 1 aromatic carbocycles. The van der Waals surface area contributed by atoms with Crippen molar-refractivity contribution in [3.05, 3.63) is 23.8 Å². The van der Waals surface area contributed by atoms with E-state index in [-0.39, 0.29) is 0 Å². The maximum atomic E-state index is 5.49. The molecule has 1 atom stereocenters. The van der Waals surface area contributed by atoms with Gasteiger partial charge in [-0.15, -0.1) is 0 Å². The highest BCUT2D eigenvalue weighted by Crippen LogP contribution is 2.33. The summed E-state index contributed by atoms with van der Waals surface area (Å²) in [5, 5.41) is 3.46. The molecule has 1 unspecified atom stereocenters. The molecule has 0 aliphatic carbocycles. The Balaban J connectivity index is 2.30. The van der Waals surface area contributed by atoms with Crippen molar-refractivity contribution >= 4 is 5.69 Å². The van der Waals surface area contributed by atoms with Crippen LogP contribution in [0.2, 0.25) is 0 Å². The molecule has 0 radical (unpaired) electrons. The number of piperidine rings is 1. The molecule has 1 saturated heterocycles. The van der Waals surface area contributed by atoms with Gasteiger partial charge < -0.3 is 15.0 Å². The van der Waals surface area contributed by atoms with E-state index in [0.29, 0.717) is 5.92 Å². The van der Waals surface area contributed by atoms with E-state index in [2.05, 4.69) is 42.5 Å². The molecule has 17 heavy (non-hydrogen) atoms. The summed E-state index contributed by atoms with van der Waals surface area (Å²) in [6.45, 7) is 2.21. The van der Waals surface area contributed by atoms with Gasteiger partial charge in [0.25, 0.3) is 0 Å². The number of rotatable bonds is 3. The summed E-state index contributed by atoms with van der Waals surface area (Å²) in [6, 6.07) is 6.45. The summed E-state index contributed by atoms with van der Waals surface area (Å²) in [5.41, 5.74) is 2.58. The highest BCUT2D eigenvalue weighted by atomic mass is 16.5. The Morgan fingerprint density at radius 1 is 1.35 bits per heavy atom. The van der Waals surface area contributed by atoms with E-state index < -0.39 is 0 Å². The molecule has 94 valence electrons. The zero-order valence-electron chi connectivity index (χ0n) is 11.0. The van der Waals surface area contributed by atoms with Crippen molar-refractivity contribution in [1.29, 1.82) is 0 Å². The lowest BCUT2D eigenvalue weighted by molar-refractivity contribution is 0.392. The SMILES string of the molecule is COc1ccc(N(C)C)cc1C1CCCNC1. The van der Waals surface area contributed by atoms with E-state index in [4.69, 9.17) is 4.74 Å². The summed E-state index contributed by atoms with van der Waals surface area (Å²) in [5.74, 6) is 1.60. The number of hydrogen-bond acceptors (Lipinski definition) is 3. The zero-order chi connectivity index (χ0) is 12.3. The fourth-order valence-corrected chi connectivity index (χ4v) is 2.44. The molecule has 0 saturated carbocycles. The molecule has 1 aromatic rings. The maximum Gasteiger partial charge on any atom is 0.122 e. The van der Waals surface area contributed by atoms with Crippen molar-refractivity contribution in [3.63, 3.8) is 0 Å². The first-order chi connectivity index (χ1) is 8.22. The van der Waals surface area contributed by atoms with Gasteiger partial charge in [-0.2, -0.15) is 0 Å². The number of nitrogens with one attached hydrogen (secondary N) is 1. The Kier molecular flexibility index (Phi) is 3.89. The first-order valence-corrected chi connectivity index (χ1v) is 6.28. The van der Waals surface area contributed by atoms with Gasteiger partial charge in [-0.25, -0.2) is 0 Å². The smallest absolute Gasteiger partial charge is 0.122 e. The van der Waals surface area contributed by atoms with E-state index in [1.807, 2.05) is 0 Å². The third-order valence-electron chi connectivity index (χ3n) is 3.47. The Morgan fingerprint density at radius 3 is 2.76 bits per heavy atom. The first kappa shape index (κ1) is 12.2. The van der Waals surface area contributed by atoms with E-state index in [9.17, 15) is 0 Å². The van der Waals surface area contributed by atoms with Crippen molar-refractivity contribution in [2.75, 3.05) is 39.2 Å². The normalized spacial score (nSPS) is 20.1. The minimum absolute atomic E-state index is 0.582. The van der Waals surface area contributed by atoms with Crippen molar-refractivity contribution in [2.45, 2.75) is 18.8 Å². The summed E-state index contributed by atoms with van der Waals surface area (Å²) in [7, 11) is 5.90. The number of nitrogens with zero attached hydrogens (tertiary/aromatic N) is 1. The predicted octanol–water partition coefficient (Wildman–Crippen LogP) is 2.23. The quantitative estimate of drug-likeness (QED) is 0.868. The van der Waals surface area contributed by atoms with Crippen LogP contribution in [0.1, 0.15) is 24.3 Å². The van der Waals surface area contributed by atoms with Crippen LogP contribution >= 0.6 is 0 Å². The van der Waals surface area contributed by atoms with Crippen LogP contribution in [0, 0.1) is 0 Å². The van der Waals surface area contributed by atoms with Crippen molar-refractivity contribution < 1.29 is 4.74 Å². The lowest BCUT2D eigenvalue weighted by atomic mass is 9.90. The number of anilines is 1. The number of hydrogen-bond donors (Lipinski definition) is 1. The van der Waals surface area contributed by atoms with Gasteiger partial charge in [0, 0.05) is 37.8 Å². The molecule has 1 N–H and O–H groups in total. The minimum atomic E-state index is 0.582. The number of ether oxygens (including phenoxy) is 1. The summed E-state index contributed by atoms with van der Waals surface area (Å²) < 4.78 is 5.49. The maximum absolute atomic E-state index is 5.49. The highest BCUT2D eigenvalue weighted by molar-refractivity contribution is 5.53. The van der Waals surface area contributed by atoms with Crippen LogP contribution in [0.15, 0.2) is 18.2 Å². The Bertz CT molecular complexity index is 370. The van der Waals surface area contributed by atoms with Gasteiger partial charge in [0.05, 0.1) is 7.11 Å². The molecule has 1 aliphatic heterocycles. The highest BCUT2D eigenvalue weighted by Gasteiger charge is 2.19. The Labute approximate surface area is 104 Å². The molecule has 0 bridgehead atoms. The monoisotopic (exact) mass is 234 g/mol. The van der Waals surface area contributed by atoms with Crippen LogP contribution in [-0.2, 0) is 0 Å². The zero-order valence-corrected chi connectivity index (χ0v) is 11.0. The molecular formula is C14H22N2O. The second-order valence-electron chi connectivity index (χ2n) is 4.86. The molecule has 2 rings (SSSR count). The van der Waals surface area contributed by atoms with Crippen molar-refractivity contribution in [2.24, 2.45) is 0 Å². The van der Waals surface area contributed by atoms with E-state index in [0.717, 1.165) is 18.8 Å². The Morgan fingerprint density at radius 2 is 2.18 bits per heavy atom. The topological polar surface area (TPSA) is 24.5 Å². The van der Waals surface area contributed by atoms with Gasteiger partial charge in [-0.1, -0.05) is 0 Å². The van der Waals surface area contributed by atoms with Crippen molar-refractivity contribution in [3.8, 4) is 5.75 Å². The Hall–Kier alpha value is -1.22. The lowest BCUT2D eigenvalue weighted by Gasteiger charge is -2.26. The third kappa shape index (κ3) is 2.72. The molecule has 0 amide bonds. The molecule has 0 spiro atoms. The van der Waals surface area contributed by atoms with E-state index in [1.165, 1.54) is 24.1 Å². The third-order valence-corrected chi connectivity index (χ3v) is 3.47. The van der Waals surface area contributed by atoms with E-state index >= 15 is 0 Å². The van der Waals surface area contributed by atoms with E-state index in [1.54, 1.807) is 7.11 Å². The fourth-order valence-electron chi connectivity index (χ4n) is 2.44. The van der Waals surface area contributed by atoms with Gasteiger partial charge in [0.1, 0.15) is 5.75 Å². The fraction of sp³-hybridized carbons (Fsp3) is 0.571. The number of methoxy groups -OCH3 is 1. The van der Waals surface area contributed by atoms with Crippen LogP contribution in [-0.4, -0.2) is 34.3 Å². The standard InChI is InChI=1S/C14H22N2O/c1-16(2)12-6-7-14(17-3)13(9-12)11-5-4-8-15-10-11/h6-7,9,11,15H,4-5,8,10H2,1-3H3. The second-order valence-corrected chi connectivity index (χ2v) is 4.86. The number of benzene rings is 1. The van der Waals surface area contributed by atoms with Gasteiger partial charge >= 0.3 is 0 Å². The van der Waals surface area contributed by atoms with Crippen LogP contribution in [0.3, 0.4) is 0 Å². The van der Waals surface area contributed by atoms with Gasteiger partial charge in [0.15, 0.2) is 0 Å². The summed E-state index contributed by atoms with van der Waals surface area (Å²) in [6.07, 6.45) is 2.50. The van der Waals surface area contributed by atoms with Gasteiger partial charge in [-0.05, 0) is 37.6 Å². The largest absolute Gasteiger partial charge is 0.496 e. The molecule has 3 heteroatoms. The first-order valence-electron chi connectivity index (χ1n) is 6.28. The van der Waals surface area contributed by atoms with Crippen LogP contribution in [0.4, 0.5) is 5.69 Å².